The number of benzene rings is 1. The Hall–Kier alpha value is -1.67. The van der Waals surface area contributed by atoms with Gasteiger partial charge in [-0.05, 0) is 6.07 Å². The van der Waals surface area contributed by atoms with E-state index in [2.05, 4.69) is 0 Å². The van der Waals surface area contributed by atoms with Crippen LogP contribution in [-0.4, -0.2) is 43.0 Å². The van der Waals surface area contributed by atoms with Gasteiger partial charge in [0, 0.05) is 20.2 Å². The molecule has 0 atom stereocenters. The number of carboxylic acid groups (broad SMARTS) is 1. The van der Waals surface area contributed by atoms with E-state index in [1.807, 2.05) is 0 Å². The van der Waals surface area contributed by atoms with Crippen LogP contribution in [0, 0.1) is 5.82 Å². The molecule has 1 rings (SSSR count). The third kappa shape index (κ3) is 2.37. The lowest BCUT2D eigenvalue weighted by Crippen LogP contribution is -2.23. The van der Waals surface area contributed by atoms with Crippen molar-refractivity contribution < 1.29 is 27.8 Å². The van der Waals surface area contributed by atoms with Gasteiger partial charge < -0.3 is 10.2 Å². The molecule has 17 heavy (non-hydrogen) atoms. The minimum atomic E-state index is -4.10. The zero-order valence-electron chi connectivity index (χ0n) is 9.01. The van der Waals surface area contributed by atoms with Crippen molar-refractivity contribution in [3.05, 3.63) is 23.5 Å². The van der Waals surface area contributed by atoms with Crippen LogP contribution < -0.4 is 0 Å². The molecule has 6 nitrogen and oxygen atoms in total. The summed E-state index contributed by atoms with van der Waals surface area (Å²) >= 11 is 0. The lowest BCUT2D eigenvalue weighted by Gasteiger charge is -2.13. The first-order valence-electron chi connectivity index (χ1n) is 4.36. The van der Waals surface area contributed by atoms with E-state index in [0.717, 1.165) is 4.31 Å². The Bertz CT molecular complexity index is 567. The Morgan fingerprint density at radius 3 is 2.29 bits per heavy atom. The highest BCUT2D eigenvalue weighted by Crippen LogP contribution is 2.26. The summed E-state index contributed by atoms with van der Waals surface area (Å²) in [5.74, 6) is -3.58. The summed E-state index contributed by atoms with van der Waals surface area (Å²) in [6, 6.07) is 1.04. The predicted octanol–water partition coefficient (Wildman–Crippen LogP) is 0.480. The van der Waals surface area contributed by atoms with Gasteiger partial charge in [-0.25, -0.2) is 21.9 Å². The first-order valence-corrected chi connectivity index (χ1v) is 5.80. The fourth-order valence-corrected chi connectivity index (χ4v) is 2.07. The molecular formula is C9H10FNO5S. The molecule has 1 aromatic carbocycles. The van der Waals surface area contributed by atoms with Crippen LogP contribution in [0.1, 0.15) is 10.4 Å². The molecule has 0 aromatic heterocycles. The van der Waals surface area contributed by atoms with Crippen molar-refractivity contribution in [1.82, 2.24) is 4.31 Å². The van der Waals surface area contributed by atoms with Crippen LogP contribution in [0.5, 0.6) is 5.75 Å². The van der Waals surface area contributed by atoms with Crippen LogP contribution in [0.25, 0.3) is 0 Å². The molecule has 0 saturated carbocycles. The van der Waals surface area contributed by atoms with Gasteiger partial charge in [-0.2, -0.15) is 0 Å². The Balaban J connectivity index is 3.57. The number of carbonyl (C=O) groups is 1. The standard InChI is InChI=1S/C9H10FNO5S/c1-11(2)17(15,16)8-3-5(9(13)14)7(12)4-6(8)10/h3-4,12H,1-2H3,(H,13,14). The average molecular weight is 263 g/mol. The van der Waals surface area contributed by atoms with E-state index in [9.17, 15) is 17.6 Å². The molecule has 0 amide bonds. The van der Waals surface area contributed by atoms with Crippen molar-refractivity contribution in [3.8, 4) is 5.75 Å². The highest BCUT2D eigenvalue weighted by molar-refractivity contribution is 7.89. The summed E-state index contributed by atoms with van der Waals surface area (Å²) in [5, 5.41) is 17.9. The number of halogens is 1. The summed E-state index contributed by atoms with van der Waals surface area (Å²) in [6.07, 6.45) is 0. The molecule has 0 heterocycles. The van der Waals surface area contributed by atoms with E-state index in [4.69, 9.17) is 10.2 Å². The van der Waals surface area contributed by atoms with Gasteiger partial charge in [0.05, 0.1) is 0 Å². The number of rotatable bonds is 3. The zero-order valence-corrected chi connectivity index (χ0v) is 9.82. The first kappa shape index (κ1) is 13.4. The lowest BCUT2D eigenvalue weighted by atomic mass is 10.2. The van der Waals surface area contributed by atoms with Crippen molar-refractivity contribution in [3.63, 3.8) is 0 Å². The van der Waals surface area contributed by atoms with Gasteiger partial charge in [0.2, 0.25) is 10.0 Å². The molecule has 94 valence electrons. The summed E-state index contributed by atoms with van der Waals surface area (Å²) in [4.78, 5) is 9.90. The SMILES string of the molecule is CN(C)S(=O)(=O)c1cc(C(=O)O)c(O)cc1F. The van der Waals surface area contributed by atoms with Crippen LogP contribution >= 0.6 is 0 Å². The maximum atomic E-state index is 13.4. The molecular weight excluding hydrogens is 253 g/mol. The van der Waals surface area contributed by atoms with E-state index >= 15 is 0 Å². The predicted molar refractivity (Wildman–Crippen MR) is 55.9 cm³/mol. The molecule has 0 fully saturated rings. The van der Waals surface area contributed by atoms with Crippen molar-refractivity contribution >= 4 is 16.0 Å². The number of aromatic carboxylic acids is 1. The molecule has 0 radical (unpaired) electrons. The monoisotopic (exact) mass is 263 g/mol. The van der Waals surface area contributed by atoms with Crippen LogP contribution in [0.3, 0.4) is 0 Å². The molecule has 0 spiro atoms. The smallest absolute Gasteiger partial charge is 0.339 e. The van der Waals surface area contributed by atoms with E-state index in [0.29, 0.717) is 12.1 Å². The quantitative estimate of drug-likeness (QED) is 0.827. The summed E-state index contributed by atoms with van der Waals surface area (Å²) in [5.41, 5.74) is -0.674. The van der Waals surface area contributed by atoms with Gasteiger partial charge in [-0.3, -0.25) is 0 Å². The molecule has 1 aromatic rings. The fraction of sp³-hybridized carbons (Fsp3) is 0.222. The van der Waals surface area contributed by atoms with Crippen molar-refractivity contribution in [1.29, 1.82) is 0 Å². The number of sulfonamides is 1. The Kier molecular flexibility index (Phi) is 3.39. The fourth-order valence-electron chi connectivity index (χ4n) is 1.11. The number of hydrogen-bond donors (Lipinski definition) is 2. The van der Waals surface area contributed by atoms with Crippen LogP contribution in [0.4, 0.5) is 4.39 Å². The van der Waals surface area contributed by atoms with Crippen molar-refractivity contribution in [2.24, 2.45) is 0 Å². The normalized spacial score (nSPS) is 11.8. The Morgan fingerprint density at radius 1 is 1.35 bits per heavy atom. The molecule has 0 unspecified atom stereocenters. The van der Waals surface area contributed by atoms with Crippen LogP contribution in [0.15, 0.2) is 17.0 Å². The van der Waals surface area contributed by atoms with Crippen LogP contribution in [0.2, 0.25) is 0 Å². The zero-order chi connectivity index (χ0) is 13.4. The first-order chi connectivity index (χ1) is 7.67. The molecule has 0 bridgehead atoms. The second kappa shape index (κ2) is 4.30. The summed E-state index contributed by atoms with van der Waals surface area (Å²) < 4.78 is 37.4. The molecule has 0 aliphatic heterocycles. The third-order valence-electron chi connectivity index (χ3n) is 2.04. The maximum Gasteiger partial charge on any atom is 0.339 e. The molecule has 0 saturated heterocycles. The number of nitrogens with zero attached hydrogens (tertiary/aromatic N) is 1. The topological polar surface area (TPSA) is 94.9 Å². The number of hydrogen-bond acceptors (Lipinski definition) is 4. The van der Waals surface area contributed by atoms with E-state index < -0.39 is 38.0 Å². The lowest BCUT2D eigenvalue weighted by molar-refractivity contribution is 0.0693. The van der Waals surface area contributed by atoms with E-state index in [1.54, 1.807) is 0 Å². The number of carboxylic acids is 1. The second-order valence-corrected chi connectivity index (χ2v) is 5.51. The van der Waals surface area contributed by atoms with Crippen LogP contribution in [-0.2, 0) is 10.0 Å². The Labute approximate surface area is 97.0 Å². The Morgan fingerprint density at radius 2 is 1.88 bits per heavy atom. The minimum Gasteiger partial charge on any atom is -0.507 e. The number of aromatic hydroxyl groups is 1. The molecule has 0 aliphatic carbocycles. The van der Waals surface area contributed by atoms with Gasteiger partial charge in [0.15, 0.2) is 0 Å². The average Bonchev–Trinajstić information content (AvgIpc) is 2.15. The second-order valence-electron chi connectivity index (χ2n) is 3.39. The maximum absolute atomic E-state index is 13.4. The van der Waals surface area contributed by atoms with Gasteiger partial charge in [-0.15, -0.1) is 0 Å². The van der Waals surface area contributed by atoms with Crippen molar-refractivity contribution in [2.45, 2.75) is 4.90 Å². The van der Waals surface area contributed by atoms with E-state index in [1.165, 1.54) is 14.1 Å². The highest BCUT2D eigenvalue weighted by atomic mass is 32.2. The molecule has 8 heteroatoms. The highest BCUT2D eigenvalue weighted by Gasteiger charge is 2.25. The largest absolute Gasteiger partial charge is 0.507 e. The molecule has 2 N–H and O–H groups in total. The summed E-state index contributed by atoms with van der Waals surface area (Å²) in [6.45, 7) is 0. The van der Waals surface area contributed by atoms with Gasteiger partial charge in [0.25, 0.3) is 0 Å². The van der Waals surface area contributed by atoms with Gasteiger partial charge in [0.1, 0.15) is 22.0 Å². The van der Waals surface area contributed by atoms with Crippen molar-refractivity contribution in [2.75, 3.05) is 14.1 Å². The van der Waals surface area contributed by atoms with Gasteiger partial charge >= 0.3 is 5.97 Å². The number of phenols is 1. The van der Waals surface area contributed by atoms with E-state index in [-0.39, 0.29) is 0 Å². The van der Waals surface area contributed by atoms with Gasteiger partial charge in [-0.1, -0.05) is 0 Å². The minimum absolute atomic E-state index is 0.458. The summed E-state index contributed by atoms with van der Waals surface area (Å²) in [7, 11) is -1.73. The molecule has 0 aliphatic rings. The third-order valence-corrected chi connectivity index (χ3v) is 3.87.